The number of benzene rings is 1. The molecule has 2 aromatic heterocycles. The minimum atomic E-state index is -1.67. The van der Waals surface area contributed by atoms with E-state index in [0.29, 0.717) is 11.5 Å². The van der Waals surface area contributed by atoms with Crippen molar-refractivity contribution in [2.75, 3.05) is 14.2 Å². The maximum absolute atomic E-state index is 12.4. The highest BCUT2D eigenvalue weighted by Gasteiger charge is 2.29. The molecule has 0 spiro atoms. The molecule has 0 aliphatic rings. The first-order chi connectivity index (χ1) is 14.2. The first-order valence-corrected chi connectivity index (χ1v) is 12.8. The zero-order chi connectivity index (χ0) is 21.9. The first-order valence-electron chi connectivity index (χ1n) is 9.26. The Labute approximate surface area is 175 Å². The van der Waals surface area contributed by atoms with Crippen molar-refractivity contribution >= 4 is 20.0 Å². The lowest BCUT2D eigenvalue weighted by Gasteiger charge is -2.02. The predicted molar refractivity (Wildman–Crippen MR) is 115 cm³/mol. The molecule has 0 saturated heterocycles. The topological polar surface area (TPSA) is 78.9 Å². The number of carbonyl (C=O) groups is 2. The van der Waals surface area contributed by atoms with E-state index in [-0.39, 0.29) is 22.6 Å². The van der Waals surface area contributed by atoms with Crippen LogP contribution in [0.2, 0.25) is 19.6 Å². The molecule has 0 aliphatic heterocycles. The lowest BCUT2D eigenvalue weighted by Crippen LogP contribution is -2.16. The van der Waals surface area contributed by atoms with Gasteiger partial charge in [-0.25, -0.2) is 9.59 Å². The van der Waals surface area contributed by atoms with Crippen molar-refractivity contribution in [3.05, 3.63) is 59.4 Å². The van der Waals surface area contributed by atoms with Gasteiger partial charge in [-0.1, -0.05) is 50.0 Å². The molecular weight excluding hydrogens is 400 g/mol. The van der Waals surface area contributed by atoms with Crippen LogP contribution in [-0.2, 0) is 9.47 Å². The van der Waals surface area contributed by atoms with E-state index in [1.54, 1.807) is 6.07 Å². The van der Waals surface area contributed by atoms with Gasteiger partial charge in [0.2, 0.25) is 0 Å². The highest BCUT2D eigenvalue weighted by atomic mass is 28.3. The summed E-state index contributed by atoms with van der Waals surface area (Å²) in [6.45, 7) is 6.29. The fourth-order valence-electron chi connectivity index (χ4n) is 2.70. The molecule has 7 heteroatoms. The molecule has 30 heavy (non-hydrogen) atoms. The molecule has 2 heterocycles. The van der Waals surface area contributed by atoms with Gasteiger partial charge in [0.1, 0.15) is 25.0 Å². The lowest BCUT2D eigenvalue weighted by atomic mass is 10.1. The van der Waals surface area contributed by atoms with Crippen LogP contribution in [0.25, 0.3) is 22.8 Å². The molecule has 0 aliphatic carbocycles. The molecule has 0 amide bonds. The SMILES string of the molecule is COC(=O)c1cc(C#C[Si](C)(C)C)oc1-c1oc(-c2ccccc2)cc1C(=O)OC. The summed E-state index contributed by atoms with van der Waals surface area (Å²) in [5, 5.41) is 0. The molecule has 0 N–H and O–H groups in total. The molecule has 3 aromatic rings. The van der Waals surface area contributed by atoms with Gasteiger partial charge in [0.05, 0.1) is 14.2 Å². The van der Waals surface area contributed by atoms with Gasteiger partial charge in [0.25, 0.3) is 0 Å². The minimum Gasteiger partial charge on any atom is -0.465 e. The first kappa shape index (κ1) is 21.2. The number of esters is 2. The Bertz CT molecular complexity index is 1140. The van der Waals surface area contributed by atoms with Crippen LogP contribution in [0.3, 0.4) is 0 Å². The van der Waals surface area contributed by atoms with Gasteiger partial charge in [-0.15, -0.1) is 5.54 Å². The monoisotopic (exact) mass is 422 g/mol. The summed E-state index contributed by atoms with van der Waals surface area (Å²) in [6, 6.07) is 12.3. The van der Waals surface area contributed by atoms with Crippen LogP contribution in [0.1, 0.15) is 26.5 Å². The third-order valence-electron chi connectivity index (χ3n) is 4.10. The largest absolute Gasteiger partial charge is 0.465 e. The number of furan rings is 2. The standard InChI is InChI=1S/C23H22O6Si/c1-26-22(24)17-13-16(11-12-30(3,4)5)28-20(17)21-18(23(25)27-2)14-19(29-21)15-9-7-6-8-10-15/h6-10,13-14H,1-5H3. The average Bonchev–Trinajstić information content (AvgIpc) is 3.35. The Balaban J connectivity index is 2.21. The highest BCUT2D eigenvalue weighted by molar-refractivity contribution is 6.83. The predicted octanol–water partition coefficient (Wildman–Crippen LogP) is 5.01. The molecule has 0 radical (unpaired) electrons. The van der Waals surface area contributed by atoms with E-state index in [4.69, 9.17) is 18.3 Å². The fraction of sp³-hybridized carbons (Fsp3) is 0.217. The van der Waals surface area contributed by atoms with E-state index < -0.39 is 20.0 Å². The van der Waals surface area contributed by atoms with Crippen LogP contribution in [0, 0.1) is 11.5 Å². The third kappa shape index (κ3) is 4.55. The molecule has 1 aromatic carbocycles. The van der Waals surface area contributed by atoms with Crippen LogP contribution in [0.15, 0.2) is 51.3 Å². The molecule has 0 atom stereocenters. The maximum Gasteiger partial charge on any atom is 0.341 e. The zero-order valence-electron chi connectivity index (χ0n) is 17.5. The molecule has 0 bridgehead atoms. The molecule has 154 valence electrons. The normalized spacial score (nSPS) is 10.8. The molecule has 0 fully saturated rings. The summed E-state index contributed by atoms with van der Waals surface area (Å²) in [5.74, 6) is 2.63. The molecule has 3 rings (SSSR count). The van der Waals surface area contributed by atoms with Gasteiger partial charge in [-0.05, 0) is 12.0 Å². The van der Waals surface area contributed by atoms with E-state index in [9.17, 15) is 9.59 Å². The number of ether oxygens (including phenoxy) is 2. The Morgan fingerprint density at radius 1 is 0.867 bits per heavy atom. The van der Waals surface area contributed by atoms with Crippen LogP contribution in [0.4, 0.5) is 0 Å². The van der Waals surface area contributed by atoms with Crippen molar-refractivity contribution in [3.63, 3.8) is 0 Å². The van der Waals surface area contributed by atoms with Gasteiger partial charge in [0, 0.05) is 11.6 Å². The maximum atomic E-state index is 12.4. The second kappa shape index (κ2) is 8.47. The number of methoxy groups -OCH3 is 2. The number of hydrogen-bond donors (Lipinski definition) is 0. The van der Waals surface area contributed by atoms with Gasteiger partial charge in [0.15, 0.2) is 17.3 Å². The van der Waals surface area contributed by atoms with Gasteiger partial charge < -0.3 is 18.3 Å². The van der Waals surface area contributed by atoms with Crippen LogP contribution in [-0.4, -0.2) is 34.2 Å². The summed E-state index contributed by atoms with van der Waals surface area (Å²) in [7, 11) is 0.870. The Kier molecular flexibility index (Phi) is 5.99. The fourth-order valence-corrected chi connectivity index (χ4v) is 3.20. The smallest absolute Gasteiger partial charge is 0.341 e. The van der Waals surface area contributed by atoms with E-state index in [2.05, 4.69) is 31.1 Å². The van der Waals surface area contributed by atoms with Crippen molar-refractivity contribution in [3.8, 4) is 34.3 Å². The van der Waals surface area contributed by atoms with E-state index in [0.717, 1.165) is 5.56 Å². The van der Waals surface area contributed by atoms with E-state index >= 15 is 0 Å². The zero-order valence-corrected chi connectivity index (χ0v) is 18.5. The van der Waals surface area contributed by atoms with Gasteiger partial charge in [-0.2, -0.15) is 0 Å². The molecule has 0 saturated carbocycles. The molecular formula is C23H22O6Si. The third-order valence-corrected chi connectivity index (χ3v) is 4.98. The summed E-state index contributed by atoms with van der Waals surface area (Å²) in [4.78, 5) is 24.8. The van der Waals surface area contributed by atoms with Gasteiger partial charge >= 0.3 is 11.9 Å². The van der Waals surface area contributed by atoms with Crippen molar-refractivity contribution in [2.45, 2.75) is 19.6 Å². The highest BCUT2D eigenvalue weighted by Crippen LogP contribution is 2.36. The van der Waals surface area contributed by atoms with Crippen LogP contribution >= 0.6 is 0 Å². The molecule has 0 unspecified atom stereocenters. The Hall–Kier alpha value is -3.50. The van der Waals surface area contributed by atoms with Crippen molar-refractivity contribution < 1.29 is 27.9 Å². The van der Waals surface area contributed by atoms with E-state index in [1.807, 2.05) is 30.3 Å². The Morgan fingerprint density at radius 2 is 1.43 bits per heavy atom. The lowest BCUT2D eigenvalue weighted by molar-refractivity contribution is 0.0588. The summed E-state index contributed by atoms with van der Waals surface area (Å²) < 4.78 is 21.6. The van der Waals surface area contributed by atoms with Crippen molar-refractivity contribution in [2.24, 2.45) is 0 Å². The van der Waals surface area contributed by atoms with Gasteiger partial charge in [-0.3, -0.25) is 0 Å². The quantitative estimate of drug-likeness (QED) is 0.334. The van der Waals surface area contributed by atoms with Crippen LogP contribution < -0.4 is 0 Å². The average molecular weight is 423 g/mol. The minimum absolute atomic E-state index is 0.0734. The van der Waals surface area contributed by atoms with Crippen molar-refractivity contribution in [1.29, 1.82) is 0 Å². The number of hydrogen-bond acceptors (Lipinski definition) is 6. The summed E-state index contributed by atoms with van der Waals surface area (Å²) in [5.41, 5.74) is 4.21. The van der Waals surface area contributed by atoms with Crippen LogP contribution in [0.5, 0.6) is 0 Å². The second-order valence-corrected chi connectivity index (χ2v) is 12.3. The molecule has 6 nitrogen and oxygen atoms in total. The summed E-state index contributed by atoms with van der Waals surface area (Å²) in [6.07, 6.45) is 0. The number of rotatable bonds is 4. The van der Waals surface area contributed by atoms with E-state index in [1.165, 1.54) is 20.3 Å². The second-order valence-electron chi connectivity index (χ2n) is 7.56. The summed E-state index contributed by atoms with van der Waals surface area (Å²) >= 11 is 0. The van der Waals surface area contributed by atoms with Crippen molar-refractivity contribution in [1.82, 2.24) is 0 Å². The number of carbonyl (C=O) groups excluding carboxylic acids is 2. The Morgan fingerprint density at radius 3 is 2.00 bits per heavy atom.